The van der Waals surface area contributed by atoms with Crippen molar-refractivity contribution in [2.75, 3.05) is 40.0 Å². The molecular weight excluding hydrogens is 677 g/mol. The van der Waals surface area contributed by atoms with E-state index >= 15 is 0 Å². The number of amides is 2. The summed E-state index contributed by atoms with van der Waals surface area (Å²) >= 11 is 17.2. The number of halogens is 3. The van der Waals surface area contributed by atoms with Crippen LogP contribution in [0.3, 0.4) is 0 Å². The Kier molecular flexibility index (Phi) is 10.4. The predicted octanol–water partition coefficient (Wildman–Crippen LogP) is 7.44. The molecule has 2 aliphatic rings. The first-order valence-electron chi connectivity index (χ1n) is 13.5. The lowest BCUT2D eigenvalue weighted by Gasteiger charge is -2.26. The summed E-state index contributed by atoms with van der Waals surface area (Å²) in [6, 6.07) is 16.0. The van der Waals surface area contributed by atoms with Crippen LogP contribution in [0.25, 0.3) is 6.08 Å². The third kappa shape index (κ3) is 7.56. The molecule has 0 aromatic heterocycles. The van der Waals surface area contributed by atoms with Crippen LogP contribution in [-0.4, -0.2) is 66.7 Å². The van der Waals surface area contributed by atoms with Crippen LogP contribution >= 0.6 is 50.9 Å². The molecule has 2 heterocycles. The monoisotopic (exact) mass is 703 g/mol. The Morgan fingerprint density at radius 3 is 2.65 bits per heavy atom. The van der Waals surface area contributed by atoms with E-state index in [9.17, 15) is 9.59 Å². The highest BCUT2D eigenvalue weighted by molar-refractivity contribution is 9.10. The lowest BCUT2D eigenvalue weighted by molar-refractivity contribution is -0.121. The largest absolute Gasteiger partial charge is 0.490 e. The average molecular weight is 705 g/mol. The van der Waals surface area contributed by atoms with Crippen LogP contribution in [0.15, 0.2) is 69.0 Å². The molecule has 0 aliphatic carbocycles. The van der Waals surface area contributed by atoms with Gasteiger partial charge in [-0.1, -0.05) is 35.3 Å². The standard InChI is InChI=1S/C31H28BrCl2N3O5S/c1-3-41-26-14-19(13-24(32)28(26)42-18-21-7-8-22(33)17-25(21)34)15-27-30(39)36(2)31(43-27)35-23-6-4-5-20(16-23)29(38)37-9-11-40-12-10-37/h4-8,13-17H,3,9-12,18H2,1-2H3/b27-15+,35-31?. The first kappa shape index (κ1) is 31.4. The van der Waals surface area contributed by atoms with Crippen LogP contribution in [0.2, 0.25) is 10.0 Å². The molecule has 3 aromatic carbocycles. The number of thioether (sulfide) groups is 1. The maximum atomic E-state index is 13.2. The molecule has 2 amide bonds. The van der Waals surface area contributed by atoms with Gasteiger partial charge < -0.3 is 19.1 Å². The van der Waals surface area contributed by atoms with E-state index in [2.05, 4.69) is 20.9 Å². The van der Waals surface area contributed by atoms with Crippen LogP contribution < -0.4 is 9.47 Å². The second kappa shape index (κ2) is 14.2. The highest BCUT2D eigenvalue weighted by Crippen LogP contribution is 2.40. The Morgan fingerprint density at radius 2 is 1.91 bits per heavy atom. The van der Waals surface area contributed by atoms with E-state index in [1.165, 1.54) is 16.7 Å². The van der Waals surface area contributed by atoms with Gasteiger partial charge in [0.25, 0.3) is 11.8 Å². The number of aliphatic imine (C=N–C) groups is 1. The number of rotatable bonds is 8. The molecular formula is C31H28BrCl2N3O5S. The molecule has 2 fully saturated rings. The highest BCUT2D eigenvalue weighted by atomic mass is 79.9. The third-order valence-corrected chi connectivity index (χ3v) is 8.87. The molecule has 0 atom stereocenters. The molecule has 2 saturated heterocycles. The van der Waals surface area contributed by atoms with Crippen LogP contribution in [0, 0.1) is 0 Å². The van der Waals surface area contributed by atoms with Gasteiger partial charge in [-0.3, -0.25) is 14.5 Å². The number of morpholine rings is 1. The zero-order valence-electron chi connectivity index (χ0n) is 23.4. The van der Waals surface area contributed by atoms with Crippen LogP contribution in [-0.2, 0) is 16.1 Å². The third-order valence-electron chi connectivity index (χ3n) is 6.64. The summed E-state index contributed by atoms with van der Waals surface area (Å²) in [6.07, 6.45) is 1.79. The van der Waals surface area contributed by atoms with E-state index in [1.807, 2.05) is 31.2 Å². The molecule has 0 saturated carbocycles. The quantitative estimate of drug-likeness (QED) is 0.227. The van der Waals surface area contributed by atoms with E-state index in [-0.39, 0.29) is 18.4 Å². The van der Waals surface area contributed by atoms with Gasteiger partial charge in [0.1, 0.15) is 6.61 Å². The van der Waals surface area contributed by atoms with Crippen molar-refractivity contribution < 1.29 is 23.8 Å². The second-order valence-corrected chi connectivity index (χ2v) is 12.3. The van der Waals surface area contributed by atoms with E-state index in [4.69, 9.17) is 37.4 Å². The van der Waals surface area contributed by atoms with E-state index in [0.717, 1.165) is 11.1 Å². The summed E-state index contributed by atoms with van der Waals surface area (Å²) in [4.78, 5) is 34.6. The summed E-state index contributed by atoms with van der Waals surface area (Å²) in [5.74, 6) is 0.796. The second-order valence-electron chi connectivity index (χ2n) is 9.61. The molecule has 224 valence electrons. The maximum Gasteiger partial charge on any atom is 0.266 e. The van der Waals surface area contributed by atoms with Gasteiger partial charge in [0, 0.05) is 41.3 Å². The molecule has 0 radical (unpaired) electrons. The molecule has 0 N–H and O–H groups in total. The molecule has 5 rings (SSSR count). The number of ether oxygens (including phenoxy) is 3. The Balaban J connectivity index is 1.35. The SMILES string of the molecule is CCOc1cc(/C=C2/SC(=Nc3cccc(C(=O)N4CCOCC4)c3)N(C)C2=O)cc(Br)c1OCc1ccc(Cl)cc1Cl. The molecule has 0 unspecified atom stereocenters. The van der Waals surface area contributed by atoms with Crippen LogP contribution in [0.1, 0.15) is 28.4 Å². The van der Waals surface area contributed by atoms with Crippen LogP contribution in [0.4, 0.5) is 5.69 Å². The molecule has 2 aliphatic heterocycles. The van der Waals surface area contributed by atoms with Gasteiger partial charge in [0.05, 0.1) is 34.9 Å². The van der Waals surface area contributed by atoms with Crippen LogP contribution in [0.5, 0.6) is 11.5 Å². The zero-order chi connectivity index (χ0) is 30.5. The van der Waals surface area contributed by atoms with Crippen molar-refractivity contribution in [2.24, 2.45) is 4.99 Å². The Labute approximate surface area is 272 Å². The van der Waals surface area contributed by atoms with E-state index in [0.29, 0.717) is 80.3 Å². The summed E-state index contributed by atoms with van der Waals surface area (Å²) in [7, 11) is 1.68. The van der Waals surface area contributed by atoms with Crippen molar-refractivity contribution in [3.63, 3.8) is 0 Å². The van der Waals surface area contributed by atoms with Crippen molar-refractivity contribution in [2.45, 2.75) is 13.5 Å². The molecule has 8 nitrogen and oxygen atoms in total. The number of carbonyl (C=O) groups excluding carboxylic acids is 2. The molecule has 0 bridgehead atoms. The minimum absolute atomic E-state index is 0.0613. The summed E-state index contributed by atoms with van der Waals surface area (Å²) in [5, 5.41) is 1.57. The zero-order valence-corrected chi connectivity index (χ0v) is 27.4. The first-order valence-corrected chi connectivity index (χ1v) is 15.9. The molecule has 43 heavy (non-hydrogen) atoms. The topological polar surface area (TPSA) is 80.7 Å². The van der Waals surface area contributed by atoms with Crippen molar-refractivity contribution in [1.82, 2.24) is 9.80 Å². The van der Waals surface area contributed by atoms with Gasteiger partial charge in [-0.05, 0) is 88.7 Å². The highest BCUT2D eigenvalue weighted by Gasteiger charge is 2.31. The van der Waals surface area contributed by atoms with Gasteiger partial charge in [-0.15, -0.1) is 0 Å². The summed E-state index contributed by atoms with van der Waals surface area (Å²) in [5.41, 5.74) is 2.66. The Bertz CT molecular complexity index is 1610. The smallest absolute Gasteiger partial charge is 0.266 e. The van der Waals surface area contributed by atoms with Gasteiger partial charge in [0.2, 0.25) is 0 Å². The molecule has 3 aromatic rings. The van der Waals surface area contributed by atoms with Crippen molar-refractivity contribution in [3.05, 3.63) is 90.7 Å². The lowest BCUT2D eigenvalue weighted by Crippen LogP contribution is -2.40. The fraction of sp³-hybridized carbons (Fsp3) is 0.258. The predicted molar refractivity (Wildman–Crippen MR) is 175 cm³/mol. The number of amidine groups is 1. The minimum atomic E-state index is -0.184. The fourth-order valence-corrected chi connectivity index (χ4v) is 6.46. The van der Waals surface area contributed by atoms with Gasteiger partial charge in [-0.25, -0.2) is 4.99 Å². The summed E-state index contributed by atoms with van der Waals surface area (Å²) < 4.78 is 18.0. The van der Waals surface area contributed by atoms with Gasteiger partial charge in [0.15, 0.2) is 16.7 Å². The lowest BCUT2D eigenvalue weighted by atomic mass is 10.1. The number of carbonyl (C=O) groups is 2. The maximum absolute atomic E-state index is 13.2. The minimum Gasteiger partial charge on any atom is -0.490 e. The average Bonchev–Trinajstić information content (AvgIpc) is 3.25. The summed E-state index contributed by atoms with van der Waals surface area (Å²) in [6.45, 7) is 4.70. The number of nitrogens with zero attached hydrogens (tertiary/aromatic N) is 3. The molecule has 0 spiro atoms. The Hall–Kier alpha value is -3.02. The fourth-order valence-electron chi connectivity index (χ4n) is 4.43. The Morgan fingerprint density at radius 1 is 1.12 bits per heavy atom. The number of benzene rings is 3. The van der Waals surface area contributed by atoms with Crippen molar-refractivity contribution in [3.8, 4) is 11.5 Å². The molecule has 12 heteroatoms. The van der Waals surface area contributed by atoms with Gasteiger partial charge in [-0.2, -0.15) is 0 Å². The van der Waals surface area contributed by atoms with Crippen molar-refractivity contribution in [1.29, 1.82) is 0 Å². The number of hydrogen-bond acceptors (Lipinski definition) is 7. The van der Waals surface area contributed by atoms with E-state index in [1.54, 1.807) is 48.4 Å². The van der Waals surface area contributed by atoms with E-state index < -0.39 is 0 Å². The van der Waals surface area contributed by atoms with Gasteiger partial charge >= 0.3 is 0 Å². The number of hydrogen-bond donors (Lipinski definition) is 0. The first-order chi connectivity index (χ1) is 20.7. The normalized spacial score (nSPS) is 17.2. The van der Waals surface area contributed by atoms with Crippen molar-refractivity contribution >= 4 is 79.6 Å². The number of likely N-dealkylation sites (N-methyl/N-ethyl adjacent to an activating group) is 1.